The van der Waals surface area contributed by atoms with Gasteiger partial charge >= 0.3 is 6.03 Å². The van der Waals surface area contributed by atoms with Gasteiger partial charge in [-0.15, -0.1) is 0 Å². The predicted octanol–water partition coefficient (Wildman–Crippen LogP) is 0.865. The van der Waals surface area contributed by atoms with E-state index in [0.717, 1.165) is 31.4 Å². The van der Waals surface area contributed by atoms with E-state index in [1.807, 2.05) is 11.8 Å². The van der Waals surface area contributed by atoms with Gasteiger partial charge in [-0.1, -0.05) is 6.42 Å². The number of thioether (sulfide) groups is 1. The van der Waals surface area contributed by atoms with Gasteiger partial charge in [0.1, 0.15) is 0 Å². The van der Waals surface area contributed by atoms with Crippen LogP contribution in [0.1, 0.15) is 32.1 Å². The highest BCUT2D eigenvalue weighted by molar-refractivity contribution is 8.00. The molecule has 21 heavy (non-hydrogen) atoms. The summed E-state index contributed by atoms with van der Waals surface area (Å²) in [5.41, 5.74) is 0. The van der Waals surface area contributed by atoms with Gasteiger partial charge in [-0.2, -0.15) is 11.8 Å². The third kappa shape index (κ3) is 5.07. The van der Waals surface area contributed by atoms with E-state index in [1.165, 1.54) is 0 Å². The zero-order valence-corrected chi connectivity index (χ0v) is 13.3. The molecule has 3 amide bonds. The Hall–Kier alpha value is -0.950. The molecule has 2 rings (SSSR count). The van der Waals surface area contributed by atoms with E-state index >= 15 is 0 Å². The highest BCUT2D eigenvalue weighted by Gasteiger charge is 2.42. The lowest BCUT2D eigenvalue weighted by atomic mass is 10.0. The molecule has 3 unspecified atom stereocenters. The molecule has 0 aliphatic carbocycles. The molecule has 0 radical (unpaired) electrons. The van der Waals surface area contributed by atoms with Gasteiger partial charge in [0.25, 0.3) is 0 Å². The monoisotopic (exact) mass is 315 g/mol. The van der Waals surface area contributed by atoms with E-state index in [4.69, 9.17) is 4.74 Å². The second-order valence-electron chi connectivity index (χ2n) is 5.56. The molecule has 2 aliphatic rings. The summed E-state index contributed by atoms with van der Waals surface area (Å²) in [6, 6.07) is 0.521. The van der Waals surface area contributed by atoms with Crippen LogP contribution in [-0.2, 0) is 9.53 Å². The number of rotatable bonds is 9. The normalized spacial score (nSPS) is 27.1. The maximum Gasteiger partial charge on any atom is 0.315 e. The lowest BCUT2D eigenvalue weighted by Crippen LogP contribution is -2.36. The SMILES string of the molecule is COCCCNC(=O)CCCCC1SCC2NC(=O)NC21. The van der Waals surface area contributed by atoms with Crippen molar-refractivity contribution in [2.45, 2.75) is 49.4 Å². The molecule has 0 aromatic carbocycles. The number of carbonyl (C=O) groups excluding carboxylic acids is 2. The molecular weight excluding hydrogens is 290 g/mol. The molecule has 6 nitrogen and oxygen atoms in total. The van der Waals surface area contributed by atoms with Gasteiger partial charge in [0.15, 0.2) is 0 Å². The molecule has 0 aromatic heterocycles. The second-order valence-corrected chi connectivity index (χ2v) is 6.84. The Bertz CT molecular complexity index is 367. The highest BCUT2D eigenvalue weighted by Crippen LogP contribution is 2.33. The van der Waals surface area contributed by atoms with Crippen molar-refractivity contribution in [3.63, 3.8) is 0 Å². The van der Waals surface area contributed by atoms with Crippen LogP contribution >= 0.6 is 11.8 Å². The summed E-state index contributed by atoms with van der Waals surface area (Å²) in [5, 5.41) is 9.32. The Morgan fingerprint density at radius 1 is 1.38 bits per heavy atom. The minimum absolute atomic E-state index is 0.0364. The first kappa shape index (κ1) is 16.4. The van der Waals surface area contributed by atoms with Crippen LogP contribution in [0.25, 0.3) is 0 Å². The van der Waals surface area contributed by atoms with Crippen LogP contribution in [0.2, 0.25) is 0 Å². The second kappa shape index (κ2) is 8.48. The van der Waals surface area contributed by atoms with Crippen molar-refractivity contribution in [2.24, 2.45) is 0 Å². The first-order valence-electron chi connectivity index (χ1n) is 7.65. The molecule has 2 aliphatic heterocycles. The molecule has 3 N–H and O–H groups in total. The average Bonchev–Trinajstić information content (AvgIpc) is 2.99. The lowest BCUT2D eigenvalue weighted by molar-refractivity contribution is -0.121. The maximum absolute atomic E-state index is 11.6. The van der Waals surface area contributed by atoms with Crippen LogP contribution in [0.3, 0.4) is 0 Å². The van der Waals surface area contributed by atoms with E-state index in [0.29, 0.717) is 24.8 Å². The molecular formula is C14H25N3O3S. The van der Waals surface area contributed by atoms with Crippen LogP contribution in [-0.4, -0.2) is 55.3 Å². The van der Waals surface area contributed by atoms with Crippen molar-refractivity contribution >= 4 is 23.7 Å². The molecule has 3 atom stereocenters. The van der Waals surface area contributed by atoms with Crippen LogP contribution in [0.4, 0.5) is 4.79 Å². The molecule has 0 bridgehead atoms. The summed E-state index contributed by atoms with van der Waals surface area (Å²) in [5.74, 6) is 1.12. The molecule has 2 saturated heterocycles. The van der Waals surface area contributed by atoms with Crippen LogP contribution in [0, 0.1) is 0 Å². The Morgan fingerprint density at radius 3 is 3.05 bits per heavy atom. The summed E-state index contributed by atoms with van der Waals surface area (Å²) in [6.07, 6.45) is 4.44. The standard InChI is InChI=1S/C14H25N3O3S/c1-20-8-4-7-15-12(18)6-3-2-5-11-13-10(9-21-11)16-14(19)17-13/h10-11,13H,2-9H2,1H3,(H,15,18)(H2,16,17,19). The Labute approximate surface area is 130 Å². The van der Waals surface area contributed by atoms with Crippen LogP contribution < -0.4 is 16.0 Å². The van der Waals surface area contributed by atoms with Crippen molar-refractivity contribution in [1.82, 2.24) is 16.0 Å². The van der Waals surface area contributed by atoms with Crippen molar-refractivity contribution < 1.29 is 14.3 Å². The Balaban J connectivity index is 1.52. The average molecular weight is 315 g/mol. The highest BCUT2D eigenvalue weighted by atomic mass is 32.2. The summed E-state index contributed by atoms with van der Waals surface area (Å²) in [4.78, 5) is 22.9. The predicted molar refractivity (Wildman–Crippen MR) is 83.5 cm³/mol. The van der Waals surface area contributed by atoms with Gasteiger partial charge in [0.2, 0.25) is 5.91 Å². The molecule has 120 valence electrons. The number of hydrogen-bond donors (Lipinski definition) is 3. The van der Waals surface area contributed by atoms with Gasteiger partial charge < -0.3 is 20.7 Å². The molecule has 0 spiro atoms. The number of fused-ring (bicyclic) bond motifs is 1. The fraction of sp³-hybridized carbons (Fsp3) is 0.857. The maximum atomic E-state index is 11.6. The van der Waals surface area contributed by atoms with E-state index < -0.39 is 0 Å². The van der Waals surface area contributed by atoms with Gasteiger partial charge in [-0.3, -0.25) is 4.79 Å². The molecule has 7 heteroatoms. The van der Waals surface area contributed by atoms with Crippen LogP contribution in [0.5, 0.6) is 0 Å². The van der Waals surface area contributed by atoms with Gasteiger partial charge in [0, 0.05) is 37.7 Å². The zero-order chi connectivity index (χ0) is 15.1. The Morgan fingerprint density at radius 2 is 2.24 bits per heavy atom. The van der Waals surface area contributed by atoms with Gasteiger partial charge in [-0.05, 0) is 19.3 Å². The van der Waals surface area contributed by atoms with Gasteiger partial charge in [0.05, 0.1) is 12.1 Å². The number of nitrogens with one attached hydrogen (secondary N) is 3. The van der Waals surface area contributed by atoms with Crippen molar-refractivity contribution in [3.05, 3.63) is 0 Å². The number of amides is 3. The largest absolute Gasteiger partial charge is 0.385 e. The van der Waals surface area contributed by atoms with Gasteiger partial charge in [-0.25, -0.2) is 4.79 Å². The van der Waals surface area contributed by atoms with E-state index in [9.17, 15) is 9.59 Å². The number of unbranched alkanes of at least 4 members (excludes halogenated alkanes) is 1. The quantitative estimate of drug-likeness (QED) is 0.436. The zero-order valence-electron chi connectivity index (χ0n) is 12.5. The number of hydrogen-bond acceptors (Lipinski definition) is 4. The Kier molecular flexibility index (Phi) is 6.63. The molecule has 0 aromatic rings. The summed E-state index contributed by atoms with van der Waals surface area (Å²) >= 11 is 1.92. The van der Waals surface area contributed by atoms with E-state index in [-0.39, 0.29) is 24.0 Å². The minimum Gasteiger partial charge on any atom is -0.385 e. The topological polar surface area (TPSA) is 79.5 Å². The van der Waals surface area contributed by atoms with Crippen molar-refractivity contribution in [2.75, 3.05) is 26.0 Å². The summed E-state index contributed by atoms with van der Waals surface area (Å²) < 4.78 is 4.93. The van der Waals surface area contributed by atoms with E-state index in [2.05, 4.69) is 16.0 Å². The van der Waals surface area contributed by atoms with Crippen LogP contribution in [0.15, 0.2) is 0 Å². The third-order valence-corrected chi connectivity index (χ3v) is 5.44. The lowest BCUT2D eigenvalue weighted by Gasteiger charge is -2.16. The van der Waals surface area contributed by atoms with Crippen molar-refractivity contribution in [1.29, 1.82) is 0 Å². The number of carbonyl (C=O) groups is 2. The minimum atomic E-state index is -0.0364. The molecule has 0 saturated carbocycles. The molecule has 2 fully saturated rings. The van der Waals surface area contributed by atoms with E-state index in [1.54, 1.807) is 7.11 Å². The van der Waals surface area contributed by atoms with Crippen molar-refractivity contribution in [3.8, 4) is 0 Å². The number of ether oxygens (including phenoxy) is 1. The fourth-order valence-electron chi connectivity index (χ4n) is 2.81. The first-order chi connectivity index (χ1) is 10.2. The number of methoxy groups -OCH3 is 1. The third-order valence-electron chi connectivity index (χ3n) is 3.93. The smallest absolute Gasteiger partial charge is 0.315 e. The fourth-order valence-corrected chi connectivity index (χ4v) is 4.35. The first-order valence-corrected chi connectivity index (χ1v) is 8.70. The number of urea groups is 1. The molecule has 2 heterocycles. The summed E-state index contributed by atoms with van der Waals surface area (Å²) in [6.45, 7) is 1.37. The summed E-state index contributed by atoms with van der Waals surface area (Å²) in [7, 11) is 1.66.